The van der Waals surface area contributed by atoms with E-state index in [4.69, 9.17) is 9.47 Å². The summed E-state index contributed by atoms with van der Waals surface area (Å²) in [5, 5.41) is 9.21. The van der Waals surface area contributed by atoms with Crippen LogP contribution in [0.4, 0.5) is 0 Å². The molecule has 0 spiro atoms. The van der Waals surface area contributed by atoms with Crippen molar-refractivity contribution in [3.8, 4) is 0 Å². The van der Waals surface area contributed by atoms with Crippen molar-refractivity contribution < 1.29 is 24.2 Å². The van der Waals surface area contributed by atoms with Crippen LogP contribution < -0.4 is 0 Å². The summed E-state index contributed by atoms with van der Waals surface area (Å²) >= 11 is 0. The predicted molar refractivity (Wildman–Crippen MR) is 186 cm³/mol. The van der Waals surface area contributed by atoms with Crippen LogP contribution in [0.1, 0.15) is 99.0 Å². The summed E-state index contributed by atoms with van der Waals surface area (Å²) < 4.78 is 10.7. The van der Waals surface area contributed by atoms with Crippen LogP contribution in [0.15, 0.2) is 43.5 Å². The molecule has 3 rings (SSSR count). The Bertz CT molecular complexity index is 943. The fourth-order valence-corrected chi connectivity index (χ4v) is 6.72. The molecule has 7 nitrogen and oxygen atoms in total. The Labute approximate surface area is 275 Å². The molecule has 0 aliphatic carbocycles. The Kier molecular flexibility index (Phi) is 19.7. The lowest BCUT2D eigenvalue weighted by Crippen LogP contribution is -2.37. The fraction of sp³-hybridized carbons (Fsp3) is 0.737. The number of nitrogens with zero attached hydrogens (tertiary/aromatic N) is 2. The normalized spacial score (nSPS) is 30.2. The maximum Gasteiger partial charge on any atom is 0.316 e. The molecule has 1 aromatic rings. The molecule has 0 amide bonds. The number of esters is 1. The molecular weight excluding hydrogens is 564 g/mol. The molecule has 7 heteroatoms. The first-order valence-electron chi connectivity index (χ1n) is 17.2. The average Bonchev–Trinajstić information content (AvgIpc) is 3.13. The summed E-state index contributed by atoms with van der Waals surface area (Å²) in [6, 6.07) is 10.6. The highest BCUT2D eigenvalue weighted by atomic mass is 16.6. The van der Waals surface area contributed by atoms with Crippen LogP contribution in [-0.4, -0.2) is 78.9 Å². The number of Topliss-reactive ketones (excluding diaryl/α,β-unsaturated/α-hetero) is 1. The summed E-state index contributed by atoms with van der Waals surface area (Å²) in [7, 11) is 2.22. The van der Waals surface area contributed by atoms with Crippen LogP contribution in [0.3, 0.4) is 0 Å². The monoisotopic (exact) mass is 630 g/mol. The highest BCUT2D eigenvalue weighted by Crippen LogP contribution is 2.34. The molecule has 1 aromatic carbocycles. The van der Waals surface area contributed by atoms with Gasteiger partial charge in [0.25, 0.3) is 0 Å². The Hall–Kier alpha value is -2.06. The zero-order chi connectivity index (χ0) is 34.0. The minimum absolute atomic E-state index is 0.00741. The first-order valence-corrected chi connectivity index (χ1v) is 17.2. The average molecular weight is 631 g/mol. The molecule has 0 saturated carbocycles. The maximum absolute atomic E-state index is 12.9. The standard InChI is InChI=1S/C28H46N2O3.C8H16O2.C2H4/c1-22-18-28(4,5)19-23(2)26(31)24(3)27(32)33-17-11-10-14-30(16-15-29(6)20-22)21-25-12-8-7-9-13-25;1-6-3-4-7(2)10-8(9)5-6;1-2/h7-9,12-13,22-24H,10-11,14-21H2,1-6H3;6-9H,3-5H2,1-2H3;1-2H2/t22-,23?,24-;6-,7+,8+;/m10./s1. The molecule has 0 bridgehead atoms. The zero-order valence-electron chi connectivity index (χ0n) is 29.9. The fourth-order valence-electron chi connectivity index (χ4n) is 6.72. The number of likely N-dealkylation sites (N-methyl/N-ethyl adjacent to an activating group) is 1. The number of aliphatic hydroxyl groups is 1. The summed E-state index contributed by atoms with van der Waals surface area (Å²) in [4.78, 5) is 30.3. The van der Waals surface area contributed by atoms with E-state index in [1.165, 1.54) is 12.0 Å². The minimum Gasteiger partial charge on any atom is -0.465 e. The predicted octanol–water partition coefficient (Wildman–Crippen LogP) is 7.37. The van der Waals surface area contributed by atoms with Gasteiger partial charge in [-0.1, -0.05) is 65.0 Å². The van der Waals surface area contributed by atoms with Crippen molar-refractivity contribution >= 4 is 11.8 Å². The minimum atomic E-state index is -0.687. The van der Waals surface area contributed by atoms with E-state index < -0.39 is 12.2 Å². The number of benzene rings is 1. The third-order valence-electron chi connectivity index (χ3n) is 8.87. The highest BCUT2D eigenvalue weighted by Gasteiger charge is 2.32. The van der Waals surface area contributed by atoms with Crippen molar-refractivity contribution in [3.05, 3.63) is 49.1 Å². The molecule has 1 unspecified atom stereocenters. The summed E-state index contributed by atoms with van der Waals surface area (Å²) in [5.41, 5.74) is 1.37. The molecule has 0 radical (unpaired) electrons. The number of carbonyl (C=O) groups excluding carboxylic acids is 2. The molecular formula is C38H66N2O5. The van der Waals surface area contributed by atoms with E-state index in [0.717, 1.165) is 71.2 Å². The lowest BCUT2D eigenvalue weighted by Gasteiger charge is -2.33. The SMILES string of the molecule is C=C.CC1CC(C)(C)C[C@@H](C)CN(C)CCN(Cc2ccccc2)CCCCOC(=O)[C@H](C)C1=O.C[C@H]1CC[C@@H](C)O[C@@H](O)C1. The van der Waals surface area contributed by atoms with Gasteiger partial charge in [0.15, 0.2) is 6.29 Å². The second-order valence-corrected chi connectivity index (χ2v) is 14.4. The van der Waals surface area contributed by atoms with E-state index in [1.54, 1.807) is 6.92 Å². The van der Waals surface area contributed by atoms with Gasteiger partial charge in [-0.25, -0.2) is 0 Å². The van der Waals surface area contributed by atoms with Crippen LogP contribution in [0.5, 0.6) is 0 Å². The van der Waals surface area contributed by atoms with Crippen LogP contribution >= 0.6 is 0 Å². The second kappa shape index (κ2) is 21.7. The molecule has 258 valence electrons. The highest BCUT2D eigenvalue weighted by molar-refractivity contribution is 5.99. The van der Waals surface area contributed by atoms with Crippen LogP contribution in [0.2, 0.25) is 0 Å². The van der Waals surface area contributed by atoms with Gasteiger partial charge in [-0.3, -0.25) is 14.5 Å². The summed E-state index contributed by atoms with van der Waals surface area (Å²) in [6.07, 6.45) is 6.40. The van der Waals surface area contributed by atoms with Crippen molar-refractivity contribution in [2.45, 2.75) is 112 Å². The number of hydrogen-bond acceptors (Lipinski definition) is 7. The van der Waals surface area contributed by atoms with Crippen LogP contribution in [0.25, 0.3) is 0 Å². The zero-order valence-corrected chi connectivity index (χ0v) is 29.9. The summed E-state index contributed by atoms with van der Waals surface area (Å²) in [6.45, 7) is 26.0. The molecule has 2 heterocycles. The number of rotatable bonds is 2. The number of carbonyl (C=O) groups is 2. The second-order valence-electron chi connectivity index (χ2n) is 14.4. The number of cyclic esters (lactones) is 1. The molecule has 1 N–H and O–H groups in total. The van der Waals surface area contributed by atoms with Crippen molar-refractivity contribution in [2.24, 2.45) is 29.1 Å². The lowest BCUT2D eigenvalue weighted by molar-refractivity contribution is -0.152. The first-order chi connectivity index (χ1) is 21.3. The number of ketones is 1. The smallest absolute Gasteiger partial charge is 0.316 e. The number of aliphatic hydroxyl groups excluding tert-OH is 1. The van der Waals surface area contributed by atoms with Gasteiger partial charge in [0, 0.05) is 38.5 Å². The molecule has 2 aliphatic rings. The molecule has 2 aliphatic heterocycles. The molecule has 45 heavy (non-hydrogen) atoms. The van der Waals surface area contributed by atoms with Crippen LogP contribution in [-0.2, 0) is 25.6 Å². The van der Waals surface area contributed by atoms with Crippen LogP contribution in [0, 0.1) is 29.1 Å². The number of hydrogen-bond donors (Lipinski definition) is 1. The van der Waals surface area contributed by atoms with Crippen molar-refractivity contribution in [3.63, 3.8) is 0 Å². The Morgan fingerprint density at radius 1 is 0.911 bits per heavy atom. The Balaban J connectivity index is 0.000000707. The van der Waals surface area contributed by atoms with Gasteiger partial charge in [-0.2, -0.15) is 0 Å². The van der Waals surface area contributed by atoms with E-state index in [2.05, 4.69) is 88.0 Å². The number of ether oxygens (including phenoxy) is 2. The first kappa shape index (κ1) is 41.0. The van der Waals surface area contributed by atoms with Gasteiger partial charge >= 0.3 is 5.97 Å². The topological polar surface area (TPSA) is 79.3 Å². The maximum atomic E-state index is 12.9. The van der Waals surface area contributed by atoms with Gasteiger partial charge in [0.2, 0.25) is 0 Å². The summed E-state index contributed by atoms with van der Waals surface area (Å²) in [5.74, 6) is -0.0447. The third-order valence-corrected chi connectivity index (χ3v) is 8.87. The third kappa shape index (κ3) is 17.4. The molecule has 0 aromatic heterocycles. The van der Waals surface area contributed by atoms with E-state index in [-0.39, 0.29) is 29.2 Å². The Morgan fingerprint density at radius 3 is 2.24 bits per heavy atom. The largest absolute Gasteiger partial charge is 0.465 e. The van der Waals surface area contributed by atoms with Gasteiger partial charge in [0.1, 0.15) is 11.7 Å². The van der Waals surface area contributed by atoms with E-state index in [1.807, 2.05) is 13.8 Å². The molecule has 2 saturated heterocycles. The Morgan fingerprint density at radius 2 is 1.58 bits per heavy atom. The van der Waals surface area contributed by atoms with Crippen molar-refractivity contribution in [2.75, 3.05) is 39.8 Å². The quantitative estimate of drug-likeness (QED) is 0.208. The van der Waals surface area contributed by atoms with E-state index in [0.29, 0.717) is 18.4 Å². The van der Waals surface area contributed by atoms with Crippen molar-refractivity contribution in [1.29, 1.82) is 0 Å². The van der Waals surface area contributed by atoms with Gasteiger partial charge in [-0.15, -0.1) is 13.2 Å². The lowest BCUT2D eigenvalue weighted by atomic mass is 9.74. The van der Waals surface area contributed by atoms with Gasteiger partial charge in [-0.05, 0) is 88.8 Å². The van der Waals surface area contributed by atoms with Crippen molar-refractivity contribution in [1.82, 2.24) is 9.80 Å². The van der Waals surface area contributed by atoms with Gasteiger partial charge in [0.05, 0.1) is 12.7 Å². The molecule has 6 atom stereocenters. The van der Waals surface area contributed by atoms with Gasteiger partial charge < -0.3 is 19.5 Å². The van der Waals surface area contributed by atoms with E-state index >= 15 is 0 Å². The molecule has 2 fully saturated rings. The van der Waals surface area contributed by atoms with E-state index in [9.17, 15) is 14.7 Å².